The maximum atomic E-state index is 12.7. The second kappa shape index (κ2) is 7.09. The third-order valence-electron chi connectivity index (χ3n) is 4.03. The van der Waals surface area contributed by atoms with Gasteiger partial charge in [-0.1, -0.05) is 37.6 Å². The van der Waals surface area contributed by atoms with Gasteiger partial charge in [0.1, 0.15) is 0 Å². The van der Waals surface area contributed by atoms with Gasteiger partial charge in [0, 0.05) is 17.0 Å². The number of nitrogens with two attached hydrogens (primary N) is 1. The molecule has 1 aliphatic rings. The van der Waals surface area contributed by atoms with Gasteiger partial charge in [0.2, 0.25) is 11.8 Å². The van der Waals surface area contributed by atoms with Gasteiger partial charge < -0.3 is 5.73 Å². The summed E-state index contributed by atoms with van der Waals surface area (Å²) in [6.07, 6.45) is 2.26. The van der Waals surface area contributed by atoms with Crippen molar-refractivity contribution in [3.05, 3.63) is 54.1 Å². The molecule has 2 amide bonds. The van der Waals surface area contributed by atoms with Gasteiger partial charge in [-0.3, -0.25) is 9.59 Å². The van der Waals surface area contributed by atoms with E-state index >= 15 is 0 Å². The van der Waals surface area contributed by atoms with E-state index in [1.807, 2.05) is 42.5 Å². The average molecular weight is 340 g/mol. The number of hydrogen-bond donors (Lipinski definition) is 1. The maximum Gasteiger partial charge on any atom is 0.247 e. The molecule has 4 nitrogen and oxygen atoms in total. The largest absolute Gasteiger partial charge is 0.398 e. The first-order valence-electron chi connectivity index (χ1n) is 8.07. The van der Waals surface area contributed by atoms with Crippen molar-refractivity contribution >= 4 is 35.0 Å². The average Bonchev–Trinajstić information content (AvgIpc) is 2.85. The summed E-state index contributed by atoms with van der Waals surface area (Å²) in [5.41, 5.74) is 8.43. The maximum absolute atomic E-state index is 12.7. The van der Waals surface area contributed by atoms with Crippen molar-refractivity contribution in [2.24, 2.45) is 0 Å². The van der Waals surface area contributed by atoms with Crippen LogP contribution in [0.25, 0.3) is 0 Å². The molecule has 0 saturated carbocycles. The summed E-state index contributed by atoms with van der Waals surface area (Å²) in [5, 5.41) is -0.419. The van der Waals surface area contributed by atoms with Gasteiger partial charge in [0.15, 0.2) is 0 Å². The molecule has 0 radical (unpaired) electrons. The Morgan fingerprint density at radius 1 is 1.12 bits per heavy atom. The lowest BCUT2D eigenvalue weighted by Gasteiger charge is -2.15. The molecule has 1 aliphatic heterocycles. The summed E-state index contributed by atoms with van der Waals surface area (Å²) in [6, 6.07) is 15.1. The second-order valence-electron chi connectivity index (χ2n) is 5.83. The first kappa shape index (κ1) is 16.6. The Morgan fingerprint density at radius 3 is 2.50 bits per heavy atom. The van der Waals surface area contributed by atoms with Crippen LogP contribution in [-0.4, -0.2) is 17.1 Å². The van der Waals surface area contributed by atoms with Gasteiger partial charge >= 0.3 is 0 Å². The molecular formula is C19H20N2O2S. The number of nitrogen functional groups attached to an aromatic ring is 1. The van der Waals surface area contributed by atoms with E-state index in [-0.39, 0.29) is 18.2 Å². The number of anilines is 2. The highest BCUT2D eigenvalue weighted by Crippen LogP contribution is 2.36. The zero-order chi connectivity index (χ0) is 17.1. The zero-order valence-electron chi connectivity index (χ0n) is 13.6. The molecule has 1 heterocycles. The molecule has 24 heavy (non-hydrogen) atoms. The van der Waals surface area contributed by atoms with Crippen molar-refractivity contribution < 1.29 is 9.59 Å². The lowest BCUT2D eigenvalue weighted by Crippen LogP contribution is -2.31. The number of amides is 2. The van der Waals surface area contributed by atoms with Crippen molar-refractivity contribution in [1.82, 2.24) is 0 Å². The molecule has 1 saturated heterocycles. The van der Waals surface area contributed by atoms with Crippen LogP contribution in [0.5, 0.6) is 0 Å². The van der Waals surface area contributed by atoms with E-state index in [9.17, 15) is 9.59 Å². The summed E-state index contributed by atoms with van der Waals surface area (Å²) < 4.78 is 0. The molecule has 1 fully saturated rings. The van der Waals surface area contributed by atoms with Crippen LogP contribution in [0.4, 0.5) is 11.4 Å². The molecule has 0 spiro atoms. The van der Waals surface area contributed by atoms with Crippen LogP contribution >= 0.6 is 11.8 Å². The number of hydrogen-bond acceptors (Lipinski definition) is 4. The van der Waals surface area contributed by atoms with E-state index in [2.05, 4.69) is 6.92 Å². The quantitative estimate of drug-likeness (QED) is 0.667. The van der Waals surface area contributed by atoms with Crippen molar-refractivity contribution in [3.8, 4) is 0 Å². The SMILES string of the molecule is CCCc1ccc(N2C(=O)CC(Sc3ccccc3N)C2=O)cc1. The van der Waals surface area contributed by atoms with Crippen LogP contribution in [-0.2, 0) is 16.0 Å². The highest BCUT2D eigenvalue weighted by atomic mass is 32.2. The van der Waals surface area contributed by atoms with Crippen molar-refractivity contribution in [2.75, 3.05) is 10.6 Å². The molecule has 2 aromatic rings. The monoisotopic (exact) mass is 340 g/mol. The fraction of sp³-hybridized carbons (Fsp3) is 0.263. The Balaban J connectivity index is 1.77. The number of carbonyl (C=O) groups is 2. The Hall–Kier alpha value is -2.27. The predicted octanol–water partition coefficient (Wildman–Crippen LogP) is 3.65. The van der Waals surface area contributed by atoms with Crippen molar-refractivity contribution in [3.63, 3.8) is 0 Å². The standard InChI is InChI=1S/C19H20N2O2S/c1-2-5-13-8-10-14(11-9-13)21-18(22)12-17(19(21)23)24-16-7-4-3-6-15(16)20/h3-4,6-11,17H,2,5,12,20H2,1H3. The summed E-state index contributed by atoms with van der Waals surface area (Å²) >= 11 is 1.36. The fourth-order valence-electron chi connectivity index (χ4n) is 2.81. The fourth-order valence-corrected chi connectivity index (χ4v) is 3.91. The Morgan fingerprint density at radius 2 is 1.83 bits per heavy atom. The van der Waals surface area contributed by atoms with E-state index in [0.29, 0.717) is 11.4 Å². The zero-order valence-corrected chi connectivity index (χ0v) is 14.4. The molecule has 1 unspecified atom stereocenters. The molecule has 0 aliphatic carbocycles. The minimum atomic E-state index is -0.419. The third kappa shape index (κ3) is 3.31. The lowest BCUT2D eigenvalue weighted by molar-refractivity contribution is -0.121. The smallest absolute Gasteiger partial charge is 0.247 e. The number of carbonyl (C=O) groups excluding carboxylic acids is 2. The van der Waals surface area contributed by atoms with E-state index in [0.717, 1.165) is 17.7 Å². The number of thioether (sulfide) groups is 1. The molecule has 2 N–H and O–H groups in total. The molecule has 1 atom stereocenters. The topological polar surface area (TPSA) is 63.4 Å². The minimum Gasteiger partial charge on any atom is -0.398 e. The summed E-state index contributed by atoms with van der Waals surface area (Å²) in [7, 11) is 0. The van der Waals surface area contributed by atoms with E-state index in [1.54, 1.807) is 6.07 Å². The van der Waals surface area contributed by atoms with Gasteiger partial charge in [-0.05, 0) is 36.2 Å². The normalized spacial score (nSPS) is 17.5. The van der Waals surface area contributed by atoms with Crippen molar-refractivity contribution in [2.45, 2.75) is 36.3 Å². The van der Waals surface area contributed by atoms with Crippen molar-refractivity contribution in [1.29, 1.82) is 0 Å². The van der Waals surface area contributed by atoms with Crippen LogP contribution in [0.1, 0.15) is 25.3 Å². The highest BCUT2D eigenvalue weighted by Gasteiger charge is 2.40. The van der Waals surface area contributed by atoms with E-state index in [4.69, 9.17) is 5.73 Å². The number of rotatable bonds is 5. The Bertz CT molecular complexity index is 758. The van der Waals surface area contributed by atoms with Gasteiger partial charge in [-0.25, -0.2) is 4.90 Å². The van der Waals surface area contributed by atoms with E-state index in [1.165, 1.54) is 22.2 Å². The summed E-state index contributed by atoms with van der Waals surface area (Å²) in [5.74, 6) is -0.327. The van der Waals surface area contributed by atoms with Gasteiger partial charge in [0.05, 0.1) is 10.9 Å². The number of nitrogens with zero attached hydrogens (tertiary/aromatic N) is 1. The number of benzene rings is 2. The van der Waals surface area contributed by atoms with Crippen LogP contribution in [0.2, 0.25) is 0 Å². The van der Waals surface area contributed by atoms with Crippen LogP contribution < -0.4 is 10.6 Å². The summed E-state index contributed by atoms with van der Waals surface area (Å²) in [6.45, 7) is 2.12. The van der Waals surface area contributed by atoms with Crippen LogP contribution in [0, 0.1) is 0 Å². The van der Waals surface area contributed by atoms with Gasteiger partial charge in [0.25, 0.3) is 0 Å². The first-order valence-corrected chi connectivity index (χ1v) is 8.95. The second-order valence-corrected chi connectivity index (χ2v) is 7.08. The number of imide groups is 1. The Labute approximate surface area is 146 Å². The third-order valence-corrected chi connectivity index (χ3v) is 5.31. The highest BCUT2D eigenvalue weighted by molar-refractivity contribution is 8.00. The van der Waals surface area contributed by atoms with Gasteiger partial charge in [-0.15, -0.1) is 11.8 Å². The van der Waals surface area contributed by atoms with Crippen LogP contribution in [0.3, 0.4) is 0 Å². The molecule has 3 rings (SSSR count). The van der Waals surface area contributed by atoms with E-state index < -0.39 is 5.25 Å². The molecule has 0 aromatic heterocycles. The molecule has 2 aromatic carbocycles. The number of aryl methyl sites for hydroxylation is 1. The first-order chi connectivity index (χ1) is 11.6. The van der Waals surface area contributed by atoms with Crippen LogP contribution in [0.15, 0.2) is 53.4 Å². The molecule has 124 valence electrons. The molecular weight excluding hydrogens is 320 g/mol. The van der Waals surface area contributed by atoms with Gasteiger partial charge in [-0.2, -0.15) is 0 Å². The predicted molar refractivity (Wildman–Crippen MR) is 98.0 cm³/mol. The minimum absolute atomic E-state index is 0.157. The Kier molecular flexibility index (Phi) is 4.90. The lowest BCUT2D eigenvalue weighted by atomic mass is 10.1. The number of para-hydroxylation sites is 1. The summed E-state index contributed by atoms with van der Waals surface area (Å²) in [4.78, 5) is 27.2. The molecule has 5 heteroatoms. The molecule has 0 bridgehead atoms.